The number of phenolic OH excluding ortho intramolecular Hbond substituents is 2. The third-order valence-corrected chi connectivity index (χ3v) is 3.50. The Morgan fingerprint density at radius 1 is 1.10 bits per heavy atom. The number of hydrogen-bond acceptors (Lipinski definition) is 4. The van der Waals surface area contributed by atoms with Gasteiger partial charge in [0.1, 0.15) is 28.7 Å². The highest BCUT2D eigenvalue weighted by Gasteiger charge is 2.13. The van der Waals surface area contributed by atoms with Gasteiger partial charge in [0.15, 0.2) is 0 Å². The van der Waals surface area contributed by atoms with Crippen molar-refractivity contribution < 1.29 is 14.6 Å². The van der Waals surface area contributed by atoms with Crippen LogP contribution in [0.2, 0.25) is 0 Å². The van der Waals surface area contributed by atoms with Crippen LogP contribution in [0, 0.1) is 0 Å². The summed E-state index contributed by atoms with van der Waals surface area (Å²) in [5, 5.41) is 19.6. The summed E-state index contributed by atoms with van der Waals surface area (Å²) in [7, 11) is 0. The molecule has 0 amide bonds. The van der Waals surface area contributed by atoms with Crippen LogP contribution < -0.4 is 5.43 Å². The van der Waals surface area contributed by atoms with Gasteiger partial charge in [-0.2, -0.15) is 0 Å². The highest BCUT2D eigenvalue weighted by Crippen LogP contribution is 2.27. The molecular weight excluding hydrogens is 268 g/mol. The molecular formula is C17H14O4. The Kier molecular flexibility index (Phi) is 3.14. The maximum Gasteiger partial charge on any atom is 0.204 e. The Morgan fingerprint density at radius 3 is 2.48 bits per heavy atom. The van der Waals surface area contributed by atoms with Crippen LogP contribution in [-0.4, -0.2) is 10.2 Å². The molecule has 0 fully saturated rings. The van der Waals surface area contributed by atoms with E-state index in [9.17, 15) is 15.0 Å². The van der Waals surface area contributed by atoms with E-state index < -0.39 is 0 Å². The summed E-state index contributed by atoms with van der Waals surface area (Å²) in [6, 6.07) is 9.60. The minimum Gasteiger partial charge on any atom is -0.508 e. The van der Waals surface area contributed by atoms with Crippen molar-refractivity contribution in [3.05, 3.63) is 58.4 Å². The van der Waals surface area contributed by atoms with Crippen molar-refractivity contribution in [2.45, 2.75) is 13.3 Å². The molecule has 2 aromatic carbocycles. The average molecular weight is 282 g/mol. The van der Waals surface area contributed by atoms with Crippen molar-refractivity contribution in [2.75, 3.05) is 0 Å². The third-order valence-electron chi connectivity index (χ3n) is 3.50. The molecule has 0 aliphatic rings. The molecule has 2 N–H and O–H groups in total. The van der Waals surface area contributed by atoms with Crippen LogP contribution in [0.25, 0.3) is 22.1 Å². The number of phenols is 2. The molecule has 0 aliphatic heterocycles. The van der Waals surface area contributed by atoms with Gasteiger partial charge in [0.05, 0.1) is 5.56 Å². The maximum atomic E-state index is 12.6. The molecule has 0 unspecified atom stereocenters. The second-order valence-corrected chi connectivity index (χ2v) is 4.87. The maximum absolute atomic E-state index is 12.6. The molecule has 4 heteroatoms. The predicted molar refractivity (Wildman–Crippen MR) is 80.6 cm³/mol. The van der Waals surface area contributed by atoms with E-state index in [2.05, 4.69) is 0 Å². The van der Waals surface area contributed by atoms with Gasteiger partial charge < -0.3 is 14.6 Å². The number of aryl methyl sites for hydroxylation is 1. The molecule has 1 aromatic heterocycles. The van der Waals surface area contributed by atoms with Crippen LogP contribution in [0.15, 0.2) is 51.9 Å². The number of aromatic hydroxyl groups is 2. The fourth-order valence-electron chi connectivity index (χ4n) is 2.33. The van der Waals surface area contributed by atoms with Gasteiger partial charge in [0.25, 0.3) is 0 Å². The van der Waals surface area contributed by atoms with Crippen molar-refractivity contribution in [3.8, 4) is 22.6 Å². The van der Waals surface area contributed by atoms with Crippen molar-refractivity contribution in [3.63, 3.8) is 0 Å². The normalized spacial score (nSPS) is 10.9. The van der Waals surface area contributed by atoms with Crippen molar-refractivity contribution in [1.29, 1.82) is 0 Å². The van der Waals surface area contributed by atoms with Gasteiger partial charge in [-0.1, -0.05) is 19.1 Å². The number of fused-ring (bicyclic) bond motifs is 1. The molecule has 0 spiro atoms. The lowest BCUT2D eigenvalue weighted by molar-refractivity contribution is 0.475. The Bertz CT molecular complexity index is 860. The first kappa shape index (κ1) is 13.2. The monoisotopic (exact) mass is 282 g/mol. The van der Waals surface area contributed by atoms with Crippen molar-refractivity contribution >= 4 is 11.0 Å². The second kappa shape index (κ2) is 4.98. The van der Waals surface area contributed by atoms with Crippen LogP contribution in [0.3, 0.4) is 0 Å². The predicted octanol–water partition coefficient (Wildman–Crippen LogP) is 3.43. The summed E-state index contributed by atoms with van der Waals surface area (Å²) < 4.78 is 5.51. The quantitative estimate of drug-likeness (QED) is 0.755. The van der Waals surface area contributed by atoms with Gasteiger partial charge in [-0.15, -0.1) is 0 Å². The molecule has 106 valence electrons. The minimum atomic E-state index is -0.290. The van der Waals surface area contributed by atoms with Gasteiger partial charge in [0.2, 0.25) is 5.43 Å². The minimum absolute atomic E-state index is 0.0706. The van der Waals surface area contributed by atoms with E-state index in [4.69, 9.17) is 4.42 Å². The molecule has 0 radical (unpaired) electrons. The van der Waals surface area contributed by atoms with E-state index in [-0.39, 0.29) is 22.3 Å². The largest absolute Gasteiger partial charge is 0.508 e. The molecule has 21 heavy (non-hydrogen) atoms. The summed E-state index contributed by atoms with van der Waals surface area (Å²) in [4.78, 5) is 12.6. The van der Waals surface area contributed by atoms with E-state index in [0.717, 1.165) is 12.0 Å². The number of benzene rings is 2. The lowest BCUT2D eigenvalue weighted by Crippen LogP contribution is -2.05. The fourth-order valence-corrected chi connectivity index (χ4v) is 2.33. The molecule has 1 heterocycles. The third kappa shape index (κ3) is 2.25. The Morgan fingerprint density at radius 2 is 1.81 bits per heavy atom. The molecule has 3 rings (SSSR count). The van der Waals surface area contributed by atoms with Crippen molar-refractivity contribution in [2.24, 2.45) is 0 Å². The zero-order valence-electron chi connectivity index (χ0n) is 11.5. The first-order valence-electron chi connectivity index (χ1n) is 6.67. The van der Waals surface area contributed by atoms with Crippen LogP contribution in [0.1, 0.15) is 12.5 Å². The second-order valence-electron chi connectivity index (χ2n) is 4.87. The lowest BCUT2D eigenvalue weighted by Gasteiger charge is -2.06. The van der Waals surface area contributed by atoms with Crippen LogP contribution in [0.4, 0.5) is 0 Å². The Balaban J connectivity index is 2.28. The van der Waals surface area contributed by atoms with E-state index in [0.29, 0.717) is 16.7 Å². The smallest absolute Gasteiger partial charge is 0.204 e. The Hall–Kier alpha value is -2.75. The lowest BCUT2D eigenvalue weighted by atomic mass is 10.0. The van der Waals surface area contributed by atoms with Crippen LogP contribution in [0.5, 0.6) is 11.5 Å². The number of hydrogen-bond donors (Lipinski definition) is 2. The summed E-state index contributed by atoms with van der Waals surface area (Å²) in [5.74, 6) is 0.0538. The first-order chi connectivity index (χ1) is 10.1. The Labute approximate surface area is 120 Å². The topological polar surface area (TPSA) is 70.7 Å². The average Bonchev–Trinajstić information content (AvgIpc) is 2.48. The van der Waals surface area contributed by atoms with Crippen LogP contribution >= 0.6 is 0 Å². The van der Waals surface area contributed by atoms with Gasteiger partial charge in [-0.3, -0.25) is 4.79 Å². The van der Waals surface area contributed by atoms with Gasteiger partial charge in [0, 0.05) is 0 Å². The summed E-state index contributed by atoms with van der Waals surface area (Å²) in [6.07, 6.45) is 2.13. The molecule has 0 saturated heterocycles. The first-order valence-corrected chi connectivity index (χ1v) is 6.67. The summed E-state index contributed by atoms with van der Waals surface area (Å²) in [5.41, 5.74) is 1.96. The molecule has 0 bridgehead atoms. The molecule has 3 aromatic rings. The van der Waals surface area contributed by atoms with E-state index in [1.165, 1.54) is 18.4 Å². The molecule has 0 atom stereocenters. The molecule has 0 saturated carbocycles. The zero-order valence-corrected chi connectivity index (χ0v) is 11.5. The highest BCUT2D eigenvalue weighted by molar-refractivity contribution is 5.87. The van der Waals surface area contributed by atoms with Gasteiger partial charge >= 0.3 is 0 Å². The zero-order chi connectivity index (χ0) is 15.0. The van der Waals surface area contributed by atoms with Gasteiger partial charge in [-0.05, 0) is 41.8 Å². The van der Waals surface area contributed by atoms with Crippen LogP contribution in [-0.2, 0) is 6.42 Å². The van der Waals surface area contributed by atoms with E-state index in [1.54, 1.807) is 24.3 Å². The van der Waals surface area contributed by atoms with Crippen molar-refractivity contribution in [1.82, 2.24) is 0 Å². The highest BCUT2D eigenvalue weighted by atomic mass is 16.3. The summed E-state index contributed by atoms with van der Waals surface area (Å²) in [6.45, 7) is 1.96. The number of rotatable bonds is 2. The standard InChI is InChI=1S/C17H14O4/c1-2-10-7-14(19)16-15(8-10)21-9-13(17(16)20)11-3-5-12(18)6-4-11/h3-9,18-19H,2H2,1H3. The summed E-state index contributed by atoms with van der Waals surface area (Å²) >= 11 is 0. The van der Waals surface area contributed by atoms with E-state index in [1.807, 2.05) is 6.92 Å². The van der Waals surface area contributed by atoms with Gasteiger partial charge in [-0.25, -0.2) is 0 Å². The fraction of sp³-hybridized carbons (Fsp3) is 0.118. The van der Waals surface area contributed by atoms with E-state index >= 15 is 0 Å². The molecule has 0 aliphatic carbocycles. The molecule has 4 nitrogen and oxygen atoms in total. The SMILES string of the molecule is CCc1cc(O)c2c(=O)c(-c3ccc(O)cc3)coc2c1.